The Labute approximate surface area is 146 Å². The average molecular weight is 328 g/mol. The van der Waals surface area contributed by atoms with Crippen molar-refractivity contribution in [1.29, 1.82) is 0 Å². The first-order chi connectivity index (χ1) is 11.3. The van der Waals surface area contributed by atoms with Gasteiger partial charge in [0.05, 0.1) is 0 Å². The predicted molar refractivity (Wildman–Crippen MR) is 105 cm³/mol. The van der Waals surface area contributed by atoms with Crippen molar-refractivity contribution in [3.05, 3.63) is 0 Å². The lowest BCUT2D eigenvalue weighted by molar-refractivity contribution is 0.415. The van der Waals surface area contributed by atoms with E-state index in [1.54, 1.807) is 0 Å². The summed E-state index contributed by atoms with van der Waals surface area (Å²) in [5.41, 5.74) is 11.3. The highest BCUT2D eigenvalue weighted by Gasteiger charge is 2.05. The van der Waals surface area contributed by atoms with Crippen molar-refractivity contribution >= 4 is 0 Å². The van der Waals surface area contributed by atoms with E-state index < -0.39 is 0 Å². The van der Waals surface area contributed by atoms with E-state index in [1.165, 1.54) is 83.6 Å². The summed E-state index contributed by atoms with van der Waals surface area (Å²) in [6, 6.07) is 0. The van der Waals surface area contributed by atoms with Crippen molar-refractivity contribution in [2.24, 2.45) is 17.4 Å². The van der Waals surface area contributed by atoms with Crippen LogP contribution >= 0.6 is 0 Å². The standard InChI is InChI=1S/C20H45N3/c1-2-3-4-5-6-7-8-9-10-11-12-18-23-19-15-20(13-16-21)14-17-22/h20,23H,2-19,21-22H2,1H3. The van der Waals surface area contributed by atoms with Gasteiger partial charge in [0.2, 0.25) is 0 Å². The third kappa shape index (κ3) is 18.1. The maximum atomic E-state index is 5.65. The van der Waals surface area contributed by atoms with Gasteiger partial charge in [0.1, 0.15) is 0 Å². The van der Waals surface area contributed by atoms with Gasteiger partial charge < -0.3 is 16.8 Å². The molecule has 0 radical (unpaired) electrons. The molecule has 0 amide bonds. The van der Waals surface area contributed by atoms with Crippen LogP contribution in [0.5, 0.6) is 0 Å². The highest BCUT2D eigenvalue weighted by Crippen LogP contribution is 2.12. The van der Waals surface area contributed by atoms with Gasteiger partial charge in [-0.05, 0) is 57.8 Å². The minimum atomic E-state index is 0.717. The van der Waals surface area contributed by atoms with Crippen molar-refractivity contribution in [3.63, 3.8) is 0 Å². The number of nitrogens with two attached hydrogens (primary N) is 2. The largest absolute Gasteiger partial charge is 0.330 e. The van der Waals surface area contributed by atoms with Crippen LogP contribution < -0.4 is 16.8 Å². The first kappa shape index (κ1) is 22.9. The first-order valence-corrected chi connectivity index (χ1v) is 10.5. The quantitative estimate of drug-likeness (QED) is 0.304. The normalized spacial score (nSPS) is 11.5. The van der Waals surface area contributed by atoms with Crippen molar-refractivity contribution in [3.8, 4) is 0 Å². The van der Waals surface area contributed by atoms with Gasteiger partial charge in [0.25, 0.3) is 0 Å². The SMILES string of the molecule is CCCCCCCCCCCCCNCCC(CCN)CCN. The minimum absolute atomic E-state index is 0.717. The Hall–Kier alpha value is -0.120. The van der Waals surface area contributed by atoms with Gasteiger partial charge in [-0.1, -0.05) is 71.1 Å². The zero-order valence-electron chi connectivity index (χ0n) is 16.0. The Balaban J connectivity index is 3.15. The molecule has 0 heterocycles. The summed E-state index contributed by atoms with van der Waals surface area (Å²) in [6.45, 7) is 6.18. The van der Waals surface area contributed by atoms with E-state index in [2.05, 4.69) is 12.2 Å². The predicted octanol–water partition coefficient (Wildman–Crippen LogP) is 4.59. The molecule has 3 nitrogen and oxygen atoms in total. The first-order valence-electron chi connectivity index (χ1n) is 10.5. The second kappa shape index (κ2) is 19.9. The van der Waals surface area contributed by atoms with E-state index >= 15 is 0 Å². The van der Waals surface area contributed by atoms with Crippen molar-refractivity contribution in [2.45, 2.75) is 96.8 Å². The fraction of sp³-hybridized carbons (Fsp3) is 1.00. The molecule has 0 saturated carbocycles. The molecule has 0 aromatic heterocycles. The molecule has 0 aliphatic heterocycles. The fourth-order valence-corrected chi connectivity index (χ4v) is 3.25. The molecule has 0 atom stereocenters. The molecule has 23 heavy (non-hydrogen) atoms. The molecule has 0 spiro atoms. The molecular weight excluding hydrogens is 282 g/mol. The number of rotatable bonds is 19. The van der Waals surface area contributed by atoms with E-state index in [0.717, 1.165) is 38.4 Å². The molecule has 0 aliphatic carbocycles. The van der Waals surface area contributed by atoms with Crippen LogP contribution in [-0.4, -0.2) is 26.2 Å². The molecule has 0 saturated heterocycles. The van der Waals surface area contributed by atoms with Gasteiger partial charge >= 0.3 is 0 Å². The monoisotopic (exact) mass is 327 g/mol. The number of hydrogen-bond acceptors (Lipinski definition) is 3. The molecule has 0 bridgehead atoms. The lowest BCUT2D eigenvalue weighted by Gasteiger charge is -2.15. The lowest BCUT2D eigenvalue weighted by atomic mass is 9.97. The summed E-state index contributed by atoms with van der Waals surface area (Å²) in [5.74, 6) is 0.717. The van der Waals surface area contributed by atoms with E-state index in [1.807, 2.05) is 0 Å². The average Bonchev–Trinajstić information content (AvgIpc) is 2.55. The molecule has 0 rings (SSSR count). The topological polar surface area (TPSA) is 64.1 Å². The lowest BCUT2D eigenvalue weighted by Crippen LogP contribution is -2.22. The Morgan fingerprint density at radius 3 is 1.57 bits per heavy atom. The van der Waals surface area contributed by atoms with Gasteiger partial charge in [-0.25, -0.2) is 0 Å². The molecule has 0 aromatic carbocycles. The van der Waals surface area contributed by atoms with Crippen LogP contribution in [0.3, 0.4) is 0 Å². The van der Waals surface area contributed by atoms with Gasteiger partial charge in [0, 0.05) is 0 Å². The molecule has 0 aliphatic rings. The summed E-state index contributed by atoms with van der Waals surface area (Å²) in [7, 11) is 0. The van der Waals surface area contributed by atoms with E-state index in [9.17, 15) is 0 Å². The summed E-state index contributed by atoms with van der Waals surface area (Å²) in [5, 5.41) is 3.58. The summed E-state index contributed by atoms with van der Waals surface area (Å²) in [6.07, 6.45) is 19.1. The Morgan fingerprint density at radius 1 is 0.609 bits per heavy atom. The highest BCUT2D eigenvalue weighted by atomic mass is 14.8. The van der Waals surface area contributed by atoms with Gasteiger partial charge in [-0.3, -0.25) is 0 Å². The third-order valence-corrected chi connectivity index (χ3v) is 4.84. The third-order valence-electron chi connectivity index (χ3n) is 4.84. The second-order valence-electron chi connectivity index (χ2n) is 7.09. The van der Waals surface area contributed by atoms with Crippen LogP contribution in [0.2, 0.25) is 0 Å². The Morgan fingerprint density at radius 2 is 1.09 bits per heavy atom. The summed E-state index contributed by atoms with van der Waals surface area (Å²) >= 11 is 0. The smallest absolute Gasteiger partial charge is 0.00463 e. The van der Waals surface area contributed by atoms with Crippen molar-refractivity contribution < 1.29 is 0 Å². The Bertz CT molecular complexity index is 203. The van der Waals surface area contributed by atoms with Crippen LogP contribution in [0.25, 0.3) is 0 Å². The van der Waals surface area contributed by atoms with Crippen molar-refractivity contribution in [1.82, 2.24) is 5.32 Å². The van der Waals surface area contributed by atoms with E-state index in [-0.39, 0.29) is 0 Å². The van der Waals surface area contributed by atoms with Gasteiger partial charge in [-0.2, -0.15) is 0 Å². The molecule has 0 aromatic rings. The highest BCUT2D eigenvalue weighted by molar-refractivity contribution is 4.62. The maximum absolute atomic E-state index is 5.65. The van der Waals surface area contributed by atoms with Crippen LogP contribution in [-0.2, 0) is 0 Å². The molecule has 0 fully saturated rings. The number of hydrogen-bond donors (Lipinski definition) is 3. The zero-order chi connectivity index (χ0) is 17.0. The number of unbranched alkanes of at least 4 members (excludes halogenated alkanes) is 10. The van der Waals surface area contributed by atoms with Crippen LogP contribution in [0.1, 0.15) is 96.8 Å². The van der Waals surface area contributed by atoms with Gasteiger partial charge in [0.15, 0.2) is 0 Å². The zero-order valence-corrected chi connectivity index (χ0v) is 16.0. The van der Waals surface area contributed by atoms with E-state index in [4.69, 9.17) is 11.5 Å². The number of nitrogens with one attached hydrogen (secondary N) is 1. The van der Waals surface area contributed by atoms with E-state index in [0.29, 0.717) is 0 Å². The molecule has 3 heteroatoms. The molecular formula is C20H45N3. The van der Waals surface area contributed by atoms with Crippen LogP contribution in [0.15, 0.2) is 0 Å². The molecule has 140 valence electrons. The maximum Gasteiger partial charge on any atom is -0.00463 e. The Kier molecular flexibility index (Phi) is 19.8. The fourth-order valence-electron chi connectivity index (χ4n) is 3.25. The van der Waals surface area contributed by atoms with Crippen molar-refractivity contribution in [2.75, 3.05) is 26.2 Å². The van der Waals surface area contributed by atoms with Crippen LogP contribution in [0.4, 0.5) is 0 Å². The second-order valence-corrected chi connectivity index (χ2v) is 7.09. The van der Waals surface area contributed by atoms with Crippen LogP contribution in [0, 0.1) is 5.92 Å². The molecule has 5 N–H and O–H groups in total. The molecule has 0 unspecified atom stereocenters. The summed E-state index contributed by atoms with van der Waals surface area (Å²) < 4.78 is 0. The summed E-state index contributed by atoms with van der Waals surface area (Å²) in [4.78, 5) is 0. The minimum Gasteiger partial charge on any atom is -0.330 e. The van der Waals surface area contributed by atoms with Gasteiger partial charge in [-0.15, -0.1) is 0 Å².